The number of aliphatic carboxylic acids is 1. The van der Waals surface area contributed by atoms with E-state index in [0.29, 0.717) is 29.5 Å². The number of likely N-dealkylation sites (N-methyl/N-ethyl adjacent to an activating group) is 3. The Bertz CT molecular complexity index is 2490. The molecule has 0 aliphatic carbocycles. The molecule has 1 heterocycles. The number of amides is 3. The van der Waals surface area contributed by atoms with E-state index in [-0.39, 0.29) is 51.0 Å². The molecule has 4 aromatic rings. The van der Waals surface area contributed by atoms with E-state index in [9.17, 15) is 43.5 Å². The molecule has 4 aromatic carbocycles. The maximum atomic E-state index is 14.7. The smallest absolute Gasteiger partial charge is 0.344 e. The number of rotatable bonds is 25. The summed E-state index contributed by atoms with van der Waals surface area (Å²) in [5, 5.41) is 12.4. The van der Waals surface area contributed by atoms with Crippen LogP contribution in [0.2, 0.25) is 0 Å². The maximum absolute atomic E-state index is 14.7. The summed E-state index contributed by atoms with van der Waals surface area (Å²) in [7, 11) is 4.40. The van der Waals surface area contributed by atoms with Gasteiger partial charge in [0.05, 0.1) is 0 Å². The quantitative estimate of drug-likeness (QED) is 0.0629. The lowest BCUT2D eigenvalue weighted by Crippen LogP contribution is -2.55. The number of benzene rings is 4. The van der Waals surface area contributed by atoms with Gasteiger partial charge in [0.15, 0.2) is 24.4 Å². The second-order valence-corrected chi connectivity index (χ2v) is 19.1. The van der Waals surface area contributed by atoms with Crippen molar-refractivity contribution in [3.8, 4) is 0 Å². The molecule has 74 heavy (non-hydrogen) atoms. The first kappa shape index (κ1) is 57.5. The molecule has 0 unspecified atom stereocenters. The number of nitrogens with one attached hydrogen (secondary N) is 1. The van der Waals surface area contributed by atoms with Crippen molar-refractivity contribution in [1.29, 1.82) is 0 Å². The first-order chi connectivity index (χ1) is 35.4. The zero-order chi connectivity index (χ0) is 53.9. The zero-order valence-electron chi connectivity index (χ0n) is 43.3. The lowest BCUT2D eigenvalue weighted by Gasteiger charge is -2.37. The second-order valence-electron chi connectivity index (χ2n) is 19.1. The fourth-order valence-corrected chi connectivity index (χ4v) is 8.74. The van der Waals surface area contributed by atoms with Gasteiger partial charge in [-0.3, -0.25) is 19.2 Å². The number of carbonyl (C=O) groups excluding carboxylic acids is 7. The first-order valence-corrected chi connectivity index (χ1v) is 25.1. The number of nitrogens with zero attached hydrogens (tertiary/aromatic N) is 3. The Kier molecular flexibility index (Phi) is 21.9. The maximum Gasteiger partial charge on any atom is 0.344 e. The average Bonchev–Trinajstić information content (AvgIpc) is 3.40. The second kappa shape index (κ2) is 28.2. The van der Waals surface area contributed by atoms with E-state index in [0.717, 1.165) is 10.5 Å². The molecule has 1 aliphatic rings. The lowest BCUT2D eigenvalue weighted by molar-refractivity contribution is -0.175. The first-order valence-electron chi connectivity index (χ1n) is 25.1. The van der Waals surface area contributed by atoms with Crippen LogP contribution in [-0.4, -0.2) is 144 Å². The van der Waals surface area contributed by atoms with E-state index in [1.807, 2.05) is 50.2 Å². The summed E-state index contributed by atoms with van der Waals surface area (Å²) in [4.78, 5) is 115. The summed E-state index contributed by atoms with van der Waals surface area (Å²) in [6.45, 7) is 6.36. The number of hydrogen-bond acceptors (Lipinski definition) is 13. The van der Waals surface area contributed by atoms with Crippen molar-refractivity contribution in [3.05, 3.63) is 144 Å². The molecular formula is C57H70N4O13. The summed E-state index contributed by atoms with van der Waals surface area (Å²) in [5.74, 6) is -7.11. The molecule has 0 bridgehead atoms. The average molecular weight is 1020 g/mol. The molecule has 396 valence electrons. The molecule has 1 aliphatic heterocycles. The zero-order valence-corrected chi connectivity index (χ0v) is 43.3. The van der Waals surface area contributed by atoms with Crippen LogP contribution in [0, 0.1) is 5.92 Å². The SMILES string of the molecule is CN[C@@H](Cc1ccccc1)C(=O)O[C@H](Cc1ccccc1)C(=O)N(C)[C@@H](Cc1ccccc1)C(=O)O[C@H](C)C(=O)N(C)[C@@H](CC(C)C)C(=O)O[C@H](Cc1ccccc1)C(=O)N1CCCC[C@H]1C(=O)O[C@H](C)C(=O)O. The number of carboxylic acid groups (broad SMARTS) is 1. The highest BCUT2D eigenvalue weighted by Gasteiger charge is 2.42. The Morgan fingerprint density at radius 2 is 1.03 bits per heavy atom. The van der Waals surface area contributed by atoms with Crippen LogP contribution < -0.4 is 5.32 Å². The highest BCUT2D eigenvalue weighted by atomic mass is 16.6. The van der Waals surface area contributed by atoms with Crippen LogP contribution in [0.15, 0.2) is 121 Å². The molecule has 8 atom stereocenters. The van der Waals surface area contributed by atoms with Crippen LogP contribution in [0.25, 0.3) is 0 Å². The van der Waals surface area contributed by atoms with Gasteiger partial charge >= 0.3 is 29.8 Å². The van der Waals surface area contributed by atoms with Gasteiger partial charge in [-0.25, -0.2) is 19.2 Å². The van der Waals surface area contributed by atoms with E-state index >= 15 is 0 Å². The molecule has 17 heteroatoms. The van der Waals surface area contributed by atoms with Crippen LogP contribution >= 0.6 is 0 Å². The predicted molar refractivity (Wildman–Crippen MR) is 274 cm³/mol. The van der Waals surface area contributed by atoms with Crippen LogP contribution in [0.4, 0.5) is 0 Å². The van der Waals surface area contributed by atoms with E-state index in [1.165, 1.54) is 37.7 Å². The third-order valence-electron chi connectivity index (χ3n) is 13.0. The number of carbonyl (C=O) groups is 8. The minimum absolute atomic E-state index is 0.00727. The Balaban J connectivity index is 1.38. The van der Waals surface area contributed by atoms with Crippen LogP contribution in [0.1, 0.15) is 75.6 Å². The molecule has 5 rings (SSSR count). The molecule has 1 fully saturated rings. The van der Waals surface area contributed by atoms with Crippen molar-refractivity contribution in [3.63, 3.8) is 0 Å². The van der Waals surface area contributed by atoms with Crippen molar-refractivity contribution < 1.29 is 62.4 Å². The number of esters is 4. The number of carboxylic acids is 1. The molecular weight excluding hydrogens is 949 g/mol. The van der Waals surface area contributed by atoms with E-state index in [4.69, 9.17) is 18.9 Å². The van der Waals surface area contributed by atoms with Crippen molar-refractivity contribution in [2.45, 2.75) is 128 Å². The fraction of sp³-hybridized carbons (Fsp3) is 0.439. The van der Waals surface area contributed by atoms with Gasteiger partial charge in [0.2, 0.25) is 0 Å². The third-order valence-corrected chi connectivity index (χ3v) is 13.0. The Morgan fingerprint density at radius 3 is 1.53 bits per heavy atom. The Morgan fingerprint density at radius 1 is 0.568 bits per heavy atom. The highest BCUT2D eigenvalue weighted by molar-refractivity contribution is 5.93. The van der Waals surface area contributed by atoms with Crippen molar-refractivity contribution in [2.75, 3.05) is 27.7 Å². The minimum Gasteiger partial charge on any atom is -0.479 e. The Labute approximate surface area is 433 Å². The van der Waals surface area contributed by atoms with Gasteiger partial charge in [-0.05, 0) is 81.2 Å². The molecule has 2 N–H and O–H groups in total. The van der Waals surface area contributed by atoms with Gasteiger partial charge in [-0.15, -0.1) is 0 Å². The molecule has 1 saturated heterocycles. The summed E-state index contributed by atoms with van der Waals surface area (Å²) < 4.78 is 23.1. The minimum atomic E-state index is -1.50. The van der Waals surface area contributed by atoms with Crippen molar-refractivity contribution in [1.82, 2.24) is 20.0 Å². The summed E-state index contributed by atoms with van der Waals surface area (Å²) in [6, 6.07) is 31.5. The van der Waals surface area contributed by atoms with Gasteiger partial charge in [-0.2, -0.15) is 0 Å². The van der Waals surface area contributed by atoms with Gasteiger partial charge in [0.25, 0.3) is 17.7 Å². The van der Waals surface area contributed by atoms with Gasteiger partial charge in [-0.1, -0.05) is 135 Å². The number of piperidine rings is 1. The van der Waals surface area contributed by atoms with E-state index in [2.05, 4.69) is 5.32 Å². The molecule has 17 nitrogen and oxygen atoms in total. The molecule has 3 amide bonds. The molecule has 0 aromatic heterocycles. The van der Waals surface area contributed by atoms with Crippen LogP contribution in [-0.2, 0) is 83.0 Å². The topological polar surface area (TPSA) is 215 Å². The molecule has 0 saturated carbocycles. The Hall–Kier alpha value is -7.40. The summed E-state index contributed by atoms with van der Waals surface area (Å²) in [5.41, 5.74) is 2.89. The van der Waals surface area contributed by atoms with Gasteiger partial charge < -0.3 is 44.1 Å². The van der Waals surface area contributed by atoms with Crippen LogP contribution in [0.5, 0.6) is 0 Å². The van der Waals surface area contributed by atoms with Crippen LogP contribution in [0.3, 0.4) is 0 Å². The molecule has 0 radical (unpaired) electrons. The van der Waals surface area contributed by atoms with E-state index < -0.39 is 96.2 Å². The third kappa shape index (κ3) is 16.6. The fourth-order valence-electron chi connectivity index (χ4n) is 8.74. The summed E-state index contributed by atoms with van der Waals surface area (Å²) >= 11 is 0. The highest BCUT2D eigenvalue weighted by Crippen LogP contribution is 2.24. The lowest BCUT2D eigenvalue weighted by atomic mass is 9.99. The monoisotopic (exact) mass is 1020 g/mol. The normalized spacial score (nSPS) is 16.2. The molecule has 0 spiro atoms. The standard InChI is InChI=1S/C57H70N4O13/c1-37(2)32-46(57(70)74-49(36-43-28-18-11-19-29-43)52(64)61-31-21-20-30-45(61)55(68)72-39(4)53(65)66)59(6)50(62)38(3)71-56(69)47(34-41-24-14-9-15-25-41)60(7)51(63)48(35-42-26-16-10-17-27-42)73-54(67)44(58-5)33-40-22-12-8-13-23-40/h8-19,22-29,37-39,44-49,58H,20-21,30-36H2,1-7H3,(H,65,66)/t38-,39-,44+,45+,46+,47+,48-,49-/m1/s1. The predicted octanol–water partition coefficient (Wildman–Crippen LogP) is 5.40. The largest absolute Gasteiger partial charge is 0.479 e. The number of likely N-dealkylation sites (tertiary alicyclic amines) is 1. The van der Waals surface area contributed by atoms with Gasteiger partial charge in [0.1, 0.15) is 24.2 Å². The van der Waals surface area contributed by atoms with Gasteiger partial charge in [0, 0.05) is 39.9 Å². The summed E-state index contributed by atoms with van der Waals surface area (Å²) in [6.07, 6.45) is -4.25. The van der Waals surface area contributed by atoms with E-state index in [1.54, 1.807) is 92.0 Å². The number of hydrogen-bond donors (Lipinski definition) is 2. The van der Waals surface area contributed by atoms with Crippen molar-refractivity contribution in [2.24, 2.45) is 5.92 Å². The number of ether oxygens (including phenoxy) is 4. The van der Waals surface area contributed by atoms with Crippen molar-refractivity contribution >= 4 is 47.6 Å².